The van der Waals surface area contributed by atoms with Crippen LogP contribution in [0.2, 0.25) is 0 Å². The Kier molecular flexibility index (Phi) is 11.4. The summed E-state index contributed by atoms with van der Waals surface area (Å²) in [6, 6.07) is 52.1. The monoisotopic (exact) mass is 898 g/mol. The maximum absolute atomic E-state index is 6.79. The van der Waals surface area contributed by atoms with E-state index in [2.05, 4.69) is 240 Å². The highest BCUT2D eigenvalue weighted by atomic mass is 16.5. The summed E-state index contributed by atoms with van der Waals surface area (Å²) >= 11 is 0. The van der Waals surface area contributed by atoms with Gasteiger partial charge in [-0.3, -0.25) is 4.57 Å². The fourth-order valence-electron chi connectivity index (χ4n) is 9.04. The highest BCUT2D eigenvalue weighted by Gasteiger charge is 2.28. The highest BCUT2D eigenvalue weighted by molar-refractivity contribution is 6.09. The molecule has 6 aromatic carbocycles. The lowest BCUT2D eigenvalue weighted by Gasteiger charge is -2.27. The SMILES string of the molecule is CC(C)(C)c1cc(-c2nn(-c3cccc(Oc4ccc5c6ccccc6n(-c6cc(C(C)(C)c7ccccc7)ccn6)c5c4)c3)[c-][n+]2-c2cc(C(C)(C)C)cc(C(C)(C)C)c2)cc(C(C)(C)C)c1. The van der Waals surface area contributed by atoms with Crippen LogP contribution >= 0.6 is 0 Å². The van der Waals surface area contributed by atoms with E-state index in [9.17, 15) is 0 Å². The number of aromatic nitrogens is 5. The van der Waals surface area contributed by atoms with E-state index in [1.54, 1.807) is 0 Å². The van der Waals surface area contributed by atoms with Crippen molar-refractivity contribution in [2.45, 2.75) is 124 Å². The zero-order valence-electron chi connectivity index (χ0n) is 42.6. The second-order valence-corrected chi connectivity index (χ2v) is 23.3. The van der Waals surface area contributed by atoms with E-state index < -0.39 is 0 Å². The molecule has 0 unspecified atom stereocenters. The Hall–Kier alpha value is -6.79. The van der Waals surface area contributed by atoms with E-state index >= 15 is 0 Å². The number of pyridine rings is 1. The minimum atomic E-state index is -0.222. The van der Waals surface area contributed by atoms with E-state index in [1.807, 2.05) is 29.1 Å². The van der Waals surface area contributed by atoms with Gasteiger partial charge in [-0.1, -0.05) is 194 Å². The van der Waals surface area contributed by atoms with E-state index in [-0.39, 0.29) is 27.1 Å². The molecule has 0 spiro atoms. The number of para-hydroxylation sites is 1. The second kappa shape index (κ2) is 16.8. The molecule has 3 aromatic heterocycles. The summed E-state index contributed by atoms with van der Waals surface area (Å²) in [4.78, 5) is 4.97. The molecule has 0 N–H and O–H groups in total. The molecule has 0 aliphatic carbocycles. The van der Waals surface area contributed by atoms with Crippen molar-refractivity contribution in [2.75, 3.05) is 0 Å². The van der Waals surface area contributed by atoms with Gasteiger partial charge in [0.2, 0.25) is 12.2 Å². The third kappa shape index (κ3) is 9.01. The summed E-state index contributed by atoms with van der Waals surface area (Å²) < 4.78 is 13.1. The highest BCUT2D eigenvalue weighted by Crippen LogP contribution is 2.39. The fraction of sp³-hybridized carbons (Fsp3) is 0.306. The molecule has 6 nitrogen and oxygen atoms in total. The summed E-state index contributed by atoms with van der Waals surface area (Å²) in [7, 11) is 0. The van der Waals surface area contributed by atoms with E-state index in [0.29, 0.717) is 5.75 Å². The van der Waals surface area contributed by atoms with Crippen molar-refractivity contribution in [1.82, 2.24) is 19.3 Å². The Morgan fingerprint density at radius 3 is 1.68 bits per heavy atom. The standard InChI is InChI=1S/C62H67N5O/c1-58(2,3)44-31-41(32-45(33-44)59(4,5)6)57-64-66(40-65(57)49-35-46(60(7,8)9)34-47(36-49)61(10,11)12)48-23-20-24-50(38-48)68-51-27-28-53-52-25-18-19-26-54(52)67(55(53)39-51)56-37-43(29-30-63-56)62(13,14)42-21-16-15-17-22-42/h15-39H,1-14H3. The first-order valence-electron chi connectivity index (χ1n) is 24.1. The van der Waals surface area contributed by atoms with Crippen molar-refractivity contribution in [3.63, 3.8) is 0 Å². The second-order valence-electron chi connectivity index (χ2n) is 23.3. The molecule has 0 aliphatic rings. The Labute approximate surface area is 404 Å². The van der Waals surface area contributed by atoms with Crippen LogP contribution in [-0.2, 0) is 27.1 Å². The average molecular weight is 898 g/mol. The van der Waals surface area contributed by atoms with Gasteiger partial charge < -0.3 is 9.30 Å². The molecule has 0 bridgehead atoms. The van der Waals surface area contributed by atoms with Crippen molar-refractivity contribution < 1.29 is 9.30 Å². The largest absolute Gasteiger partial charge is 0.458 e. The molecule has 0 amide bonds. The van der Waals surface area contributed by atoms with Crippen LogP contribution in [0.3, 0.4) is 0 Å². The van der Waals surface area contributed by atoms with Crippen LogP contribution < -0.4 is 9.30 Å². The van der Waals surface area contributed by atoms with Crippen LogP contribution in [0.1, 0.15) is 130 Å². The van der Waals surface area contributed by atoms with Crippen molar-refractivity contribution in [2.24, 2.45) is 0 Å². The Morgan fingerprint density at radius 2 is 1.04 bits per heavy atom. The molecule has 346 valence electrons. The molecule has 9 rings (SSSR count). The van der Waals surface area contributed by atoms with Crippen LogP contribution in [0.25, 0.3) is 50.4 Å². The third-order valence-corrected chi connectivity index (χ3v) is 13.6. The van der Waals surface area contributed by atoms with E-state index in [1.165, 1.54) is 33.4 Å². The molecule has 0 saturated heterocycles. The summed E-state index contributed by atoms with van der Waals surface area (Å²) in [5, 5.41) is 7.71. The van der Waals surface area contributed by atoms with Crippen molar-refractivity contribution >= 4 is 21.8 Å². The predicted molar refractivity (Wildman–Crippen MR) is 281 cm³/mol. The number of hydrogen-bond acceptors (Lipinski definition) is 3. The molecule has 0 atom stereocenters. The maximum Gasteiger partial charge on any atom is 0.231 e. The predicted octanol–water partition coefficient (Wildman–Crippen LogP) is 15.4. The smallest absolute Gasteiger partial charge is 0.231 e. The summed E-state index contributed by atoms with van der Waals surface area (Å²) in [5.74, 6) is 3.10. The summed E-state index contributed by atoms with van der Waals surface area (Å²) in [5.41, 5.74) is 12.1. The molecular weight excluding hydrogens is 831 g/mol. The average Bonchev–Trinajstić information content (AvgIpc) is 3.88. The van der Waals surface area contributed by atoms with E-state index in [0.717, 1.165) is 56.1 Å². The Morgan fingerprint density at radius 1 is 0.471 bits per heavy atom. The lowest BCUT2D eigenvalue weighted by Crippen LogP contribution is -2.33. The van der Waals surface area contributed by atoms with Gasteiger partial charge >= 0.3 is 0 Å². The zero-order chi connectivity index (χ0) is 48.6. The minimum Gasteiger partial charge on any atom is -0.458 e. The third-order valence-electron chi connectivity index (χ3n) is 13.6. The molecule has 3 heterocycles. The van der Waals surface area contributed by atoms with Crippen molar-refractivity contribution in [3.8, 4) is 40.1 Å². The Balaban J connectivity index is 1.16. The number of ether oxygens (including phenoxy) is 1. The van der Waals surface area contributed by atoms with Crippen LogP contribution in [0.5, 0.6) is 11.5 Å². The number of fused-ring (bicyclic) bond motifs is 3. The zero-order valence-corrected chi connectivity index (χ0v) is 42.6. The molecule has 0 saturated carbocycles. The quantitative estimate of drug-likeness (QED) is 0.113. The van der Waals surface area contributed by atoms with Gasteiger partial charge in [0.1, 0.15) is 17.3 Å². The topological polar surface area (TPSA) is 48.8 Å². The normalized spacial score (nSPS) is 12.9. The molecule has 6 heteroatoms. The van der Waals surface area contributed by atoms with Crippen LogP contribution in [0.15, 0.2) is 152 Å². The van der Waals surface area contributed by atoms with Gasteiger partial charge in [0.05, 0.1) is 16.7 Å². The van der Waals surface area contributed by atoms with Gasteiger partial charge in [-0.2, -0.15) is 4.68 Å². The molecular formula is C62H67N5O. The van der Waals surface area contributed by atoms with Crippen LogP contribution in [0, 0.1) is 6.33 Å². The summed E-state index contributed by atoms with van der Waals surface area (Å²) in [6.45, 7) is 31.9. The molecule has 9 aromatic rings. The van der Waals surface area contributed by atoms with Crippen LogP contribution in [-0.4, -0.2) is 19.3 Å². The lowest BCUT2D eigenvalue weighted by atomic mass is 9.78. The van der Waals surface area contributed by atoms with Crippen molar-refractivity contribution in [1.29, 1.82) is 0 Å². The molecule has 68 heavy (non-hydrogen) atoms. The first-order chi connectivity index (χ1) is 31.9. The van der Waals surface area contributed by atoms with Gasteiger partial charge in [0.25, 0.3) is 0 Å². The first kappa shape index (κ1) is 46.3. The van der Waals surface area contributed by atoms with Crippen LogP contribution in [0.4, 0.5) is 0 Å². The molecule has 0 aliphatic heterocycles. The first-order valence-corrected chi connectivity index (χ1v) is 24.1. The molecule has 0 radical (unpaired) electrons. The Bertz CT molecular complexity index is 3160. The minimum absolute atomic E-state index is 0.0679. The van der Waals surface area contributed by atoms with Gasteiger partial charge in [-0.25, -0.2) is 4.98 Å². The maximum atomic E-state index is 6.79. The number of benzene rings is 6. The lowest BCUT2D eigenvalue weighted by molar-refractivity contribution is -0.589. The van der Waals surface area contributed by atoms with Gasteiger partial charge in [0, 0.05) is 39.7 Å². The number of nitrogens with zero attached hydrogens (tertiary/aromatic N) is 5. The van der Waals surface area contributed by atoms with Gasteiger partial charge in [-0.15, -0.1) is 0 Å². The van der Waals surface area contributed by atoms with E-state index in [4.69, 9.17) is 14.8 Å². The fourth-order valence-corrected chi connectivity index (χ4v) is 9.04. The van der Waals surface area contributed by atoms with Crippen molar-refractivity contribution in [3.05, 3.63) is 191 Å². The van der Waals surface area contributed by atoms with Gasteiger partial charge in [-0.05, 0) is 103 Å². The number of hydrogen-bond donors (Lipinski definition) is 0. The molecule has 0 fully saturated rings. The van der Waals surface area contributed by atoms with Gasteiger partial charge in [0.15, 0.2) is 0 Å². The summed E-state index contributed by atoms with van der Waals surface area (Å²) in [6.07, 6.45) is 5.65. The number of rotatable bonds is 8.